The van der Waals surface area contributed by atoms with Crippen LogP contribution in [0.15, 0.2) is 24.5 Å². The first-order valence-corrected chi connectivity index (χ1v) is 2.80. The molecule has 0 spiro atoms. The summed E-state index contributed by atoms with van der Waals surface area (Å²) in [6.45, 7) is 5.25. The quantitative estimate of drug-likeness (QED) is 0.244. The van der Waals surface area contributed by atoms with E-state index in [1.807, 2.05) is 6.08 Å². The van der Waals surface area contributed by atoms with Gasteiger partial charge in [-0.05, 0) is 6.42 Å². The van der Waals surface area contributed by atoms with E-state index in [1.54, 1.807) is 0 Å². The second-order valence-corrected chi connectivity index (χ2v) is 1.66. The van der Waals surface area contributed by atoms with E-state index in [9.17, 15) is 5.11 Å². The summed E-state index contributed by atoms with van der Waals surface area (Å²) >= 11 is 0. The molecule has 0 bridgehead atoms. The molecular formula is C7H11LiO. The molecular weight excluding hydrogens is 107 g/mol. The third kappa shape index (κ3) is 11.4. The summed E-state index contributed by atoms with van der Waals surface area (Å²) < 4.78 is 0. The van der Waals surface area contributed by atoms with Gasteiger partial charge in [0.15, 0.2) is 0 Å². The van der Waals surface area contributed by atoms with Crippen molar-refractivity contribution in [2.45, 2.75) is 19.8 Å². The van der Waals surface area contributed by atoms with Gasteiger partial charge in [-0.1, -0.05) is 25.5 Å². The van der Waals surface area contributed by atoms with E-state index in [0.717, 1.165) is 12.8 Å². The van der Waals surface area contributed by atoms with Crippen LogP contribution in [0.5, 0.6) is 0 Å². The molecule has 0 aromatic carbocycles. The zero-order chi connectivity index (χ0) is 6.41. The monoisotopic (exact) mass is 118 g/mol. The van der Waals surface area contributed by atoms with E-state index in [-0.39, 0.29) is 24.6 Å². The van der Waals surface area contributed by atoms with Gasteiger partial charge in [0, 0.05) is 0 Å². The van der Waals surface area contributed by atoms with E-state index >= 15 is 0 Å². The minimum absolute atomic E-state index is 0. The van der Waals surface area contributed by atoms with Gasteiger partial charge in [-0.25, -0.2) is 0 Å². The Morgan fingerprint density at radius 1 is 1.67 bits per heavy atom. The van der Waals surface area contributed by atoms with Gasteiger partial charge in [-0.15, -0.1) is 12.3 Å². The first-order chi connectivity index (χ1) is 3.77. The maximum absolute atomic E-state index is 10.1. The molecule has 0 radical (unpaired) electrons. The fourth-order valence-corrected chi connectivity index (χ4v) is 0.381. The normalized spacial score (nSPS) is 9.00. The first-order valence-electron chi connectivity index (χ1n) is 2.80. The van der Waals surface area contributed by atoms with Crippen LogP contribution in [0.3, 0.4) is 0 Å². The van der Waals surface area contributed by atoms with Gasteiger partial charge in [-0.3, -0.25) is 0 Å². The summed E-state index contributed by atoms with van der Waals surface area (Å²) in [4.78, 5) is 0. The largest absolute Gasteiger partial charge is 1.00 e. The van der Waals surface area contributed by atoms with Gasteiger partial charge in [0.1, 0.15) is 0 Å². The molecule has 0 saturated heterocycles. The van der Waals surface area contributed by atoms with Gasteiger partial charge in [0.2, 0.25) is 0 Å². The maximum atomic E-state index is 10.1. The second-order valence-electron chi connectivity index (χ2n) is 1.66. The Balaban J connectivity index is 0. The molecule has 0 saturated carbocycles. The Labute approximate surface area is 68.6 Å². The first kappa shape index (κ1) is 11.6. The third-order valence-electron chi connectivity index (χ3n) is 0.759. The van der Waals surface area contributed by atoms with E-state index < -0.39 is 0 Å². The van der Waals surface area contributed by atoms with Crippen LogP contribution in [-0.4, -0.2) is 0 Å². The van der Waals surface area contributed by atoms with Crippen LogP contribution in [-0.2, 0) is 0 Å². The summed E-state index contributed by atoms with van der Waals surface area (Å²) in [5.41, 5.74) is 0. The Morgan fingerprint density at radius 3 is 2.56 bits per heavy atom. The molecule has 0 aliphatic rings. The van der Waals surface area contributed by atoms with Crippen molar-refractivity contribution in [1.82, 2.24) is 0 Å². The van der Waals surface area contributed by atoms with E-state index in [0.29, 0.717) is 0 Å². The van der Waals surface area contributed by atoms with E-state index in [4.69, 9.17) is 0 Å². The number of hydrogen-bond acceptors (Lipinski definition) is 1. The molecule has 0 atom stereocenters. The van der Waals surface area contributed by atoms with Crippen molar-refractivity contribution in [3.8, 4) is 0 Å². The van der Waals surface area contributed by atoms with Crippen LogP contribution < -0.4 is 24.0 Å². The number of unbranched alkanes of at least 4 members (excludes halogenated alkanes) is 1. The van der Waals surface area contributed by atoms with Gasteiger partial charge < -0.3 is 5.11 Å². The van der Waals surface area contributed by atoms with Crippen LogP contribution in [0.4, 0.5) is 0 Å². The van der Waals surface area contributed by atoms with Crippen molar-refractivity contribution < 1.29 is 24.0 Å². The minimum atomic E-state index is -0.113. The average molecular weight is 118 g/mol. The zero-order valence-electron chi connectivity index (χ0n) is 6.18. The Hall–Kier alpha value is -0.123. The maximum Gasteiger partial charge on any atom is 1.00 e. The van der Waals surface area contributed by atoms with Crippen molar-refractivity contribution in [2.24, 2.45) is 0 Å². The molecule has 0 aromatic heterocycles. The predicted molar refractivity (Wildman–Crippen MR) is 33.2 cm³/mol. The van der Waals surface area contributed by atoms with Crippen LogP contribution in [0, 0.1) is 0 Å². The molecule has 2 heteroatoms. The van der Waals surface area contributed by atoms with Crippen molar-refractivity contribution in [2.75, 3.05) is 0 Å². The molecule has 0 heterocycles. The molecule has 46 valence electrons. The van der Waals surface area contributed by atoms with Crippen molar-refractivity contribution in [3.63, 3.8) is 0 Å². The summed E-state index contributed by atoms with van der Waals surface area (Å²) in [5.74, 6) is -0.113. The van der Waals surface area contributed by atoms with Crippen LogP contribution in [0.25, 0.3) is 0 Å². The molecule has 1 nitrogen and oxygen atoms in total. The summed E-state index contributed by atoms with van der Waals surface area (Å²) in [7, 11) is 0. The van der Waals surface area contributed by atoms with Crippen molar-refractivity contribution in [1.29, 1.82) is 0 Å². The van der Waals surface area contributed by atoms with Crippen molar-refractivity contribution >= 4 is 0 Å². The van der Waals surface area contributed by atoms with Crippen LogP contribution in [0.2, 0.25) is 0 Å². The van der Waals surface area contributed by atoms with Gasteiger partial charge in [0.05, 0.1) is 0 Å². The SMILES string of the molecule is C=C([O-])/C=C/CCC.[Li+]. The summed E-state index contributed by atoms with van der Waals surface area (Å²) in [6.07, 6.45) is 5.41. The Bertz CT molecular complexity index is 97.1. The Kier molecular flexibility index (Phi) is 10.2. The Morgan fingerprint density at radius 2 is 2.22 bits per heavy atom. The molecule has 0 aliphatic carbocycles. The zero-order valence-corrected chi connectivity index (χ0v) is 6.18. The molecule has 0 rings (SSSR count). The van der Waals surface area contributed by atoms with Crippen LogP contribution in [0.1, 0.15) is 19.8 Å². The van der Waals surface area contributed by atoms with E-state index in [2.05, 4.69) is 13.5 Å². The molecule has 0 unspecified atom stereocenters. The number of hydrogen-bond donors (Lipinski definition) is 0. The number of rotatable bonds is 3. The van der Waals surface area contributed by atoms with E-state index in [1.165, 1.54) is 6.08 Å². The molecule has 0 aliphatic heterocycles. The molecule has 9 heavy (non-hydrogen) atoms. The van der Waals surface area contributed by atoms with Gasteiger partial charge >= 0.3 is 18.9 Å². The minimum Gasteiger partial charge on any atom is -0.873 e. The summed E-state index contributed by atoms with van der Waals surface area (Å²) in [5, 5.41) is 10.1. The van der Waals surface area contributed by atoms with Crippen LogP contribution >= 0.6 is 0 Å². The standard InChI is InChI=1S/C7H12O.Li/c1-3-4-5-6-7(2)8;/h5-6,8H,2-4H2,1H3;/q;+1/p-1/b6-5+;. The average Bonchev–Trinajstić information content (AvgIpc) is 1.66. The predicted octanol–water partition coefficient (Wildman–Crippen LogP) is -1.78. The fourth-order valence-electron chi connectivity index (χ4n) is 0.381. The smallest absolute Gasteiger partial charge is 0.873 e. The van der Waals surface area contributed by atoms with Gasteiger partial charge in [-0.2, -0.15) is 0 Å². The molecule has 0 amide bonds. The number of allylic oxidation sites excluding steroid dienone is 2. The van der Waals surface area contributed by atoms with Gasteiger partial charge in [0.25, 0.3) is 0 Å². The summed E-state index contributed by atoms with van der Waals surface area (Å²) in [6, 6.07) is 0. The molecule has 0 N–H and O–H groups in total. The topological polar surface area (TPSA) is 23.1 Å². The fraction of sp³-hybridized carbons (Fsp3) is 0.429. The molecule has 0 fully saturated rings. The second kappa shape index (κ2) is 7.88. The molecule has 0 aromatic rings. The van der Waals surface area contributed by atoms with Crippen molar-refractivity contribution in [3.05, 3.63) is 24.5 Å². The third-order valence-corrected chi connectivity index (χ3v) is 0.759.